The maximum absolute atomic E-state index is 13.8. The average molecular weight is 303 g/mol. The lowest BCUT2D eigenvalue weighted by Crippen LogP contribution is -2.29. The topological polar surface area (TPSA) is 9.23 Å². The highest BCUT2D eigenvalue weighted by Crippen LogP contribution is 2.30. The Balaban J connectivity index is 2.75. The zero-order valence-electron chi connectivity index (χ0n) is 10.7. The summed E-state index contributed by atoms with van der Waals surface area (Å²) in [7, 11) is 0. The lowest BCUT2D eigenvalue weighted by molar-refractivity contribution is 0.153. The van der Waals surface area contributed by atoms with Gasteiger partial charge in [0.1, 0.15) is 0 Å². The molecule has 0 N–H and O–H groups in total. The van der Waals surface area contributed by atoms with Crippen LogP contribution in [0.25, 0.3) is 0 Å². The van der Waals surface area contributed by atoms with E-state index in [9.17, 15) is 4.39 Å². The van der Waals surface area contributed by atoms with Gasteiger partial charge in [0.05, 0.1) is 6.61 Å². The Morgan fingerprint density at radius 2 is 1.94 bits per heavy atom. The molecule has 96 valence electrons. The molecule has 0 aliphatic heterocycles. The monoisotopic (exact) mass is 302 g/mol. The van der Waals surface area contributed by atoms with E-state index >= 15 is 0 Å². The van der Waals surface area contributed by atoms with Gasteiger partial charge in [-0.3, -0.25) is 0 Å². The van der Waals surface area contributed by atoms with Crippen molar-refractivity contribution in [3.05, 3.63) is 29.6 Å². The molecule has 0 aliphatic carbocycles. The van der Waals surface area contributed by atoms with Crippen LogP contribution in [0, 0.1) is 18.2 Å². The van der Waals surface area contributed by atoms with Crippen molar-refractivity contribution in [3.8, 4) is 5.75 Å². The lowest BCUT2D eigenvalue weighted by Gasteiger charge is -2.29. The Morgan fingerprint density at radius 1 is 1.29 bits per heavy atom. The van der Waals surface area contributed by atoms with Crippen molar-refractivity contribution in [1.29, 1.82) is 0 Å². The summed E-state index contributed by atoms with van der Waals surface area (Å²) in [5.41, 5.74) is 0.718. The smallest absolute Gasteiger partial charge is 0.167 e. The van der Waals surface area contributed by atoms with Gasteiger partial charge in [-0.15, -0.1) is 0 Å². The van der Waals surface area contributed by atoms with Crippen LogP contribution in [0.4, 0.5) is 4.39 Å². The van der Waals surface area contributed by atoms with Crippen molar-refractivity contribution >= 4 is 15.9 Å². The summed E-state index contributed by atoms with van der Waals surface area (Å²) >= 11 is 3.53. The van der Waals surface area contributed by atoms with Gasteiger partial charge >= 0.3 is 0 Å². The van der Waals surface area contributed by atoms with Gasteiger partial charge in [0.15, 0.2) is 11.6 Å². The Morgan fingerprint density at radius 3 is 2.47 bits per heavy atom. The lowest BCUT2D eigenvalue weighted by atomic mass is 9.86. The quantitative estimate of drug-likeness (QED) is 0.691. The number of ether oxygens (including phenoxy) is 1. The fraction of sp³-hybridized carbons (Fsp3) is 0.571. The highest BCUT2D eigenvalue weighted by molar-refractivity contribution is 9.09. The number of rotatable bonds is 6. The van der Waals surface area contributed by atoms with Crippen LogP contribution in [-0.4, -0.2) is 11.9 Å². The second-order valence-electron chi connectivity index (χ2n) is 4.52. The molecule has 0 saturated heterocycles. The molecule has 0 heterocycles. The van der Waals surface area contributed by atoms with Crippen molar-refractivity contribution in [2.45, 2.75) is 33.6 Å². The van der Waals surface area contributed by atoms with Gasteiger partial charge in [0.2, 0.25) is 0 Å². The Hall–Kier alpha value is -0.570. The first-order valence-electron chi connectivity index (χ1n) is 6.02. The number of hydrogen-bond acceptors (Lipinski definition) is 1. The molecule has 0 aliphatic rings. The van der Waals surface area contributed by atoms with Crippen LogP contribution < -0.4 is 4.74 Å². The standard InChI is InChI=1S/C14H20BrFO/c1-4-14(5-2,9-15)10-17-12-8-6-7-11(3)13(12)16/h6-8H,4-5,9-10H2,1-3H3. The second kappa shape index (κ2) is 6.39. The zero-order valence-corrected chi connectivity index (χ0v) is 12.3. The molecule has 0 saturated carbocycles. The molecule has 1 nitrogen and oxygen atoms in total. The van der Waals surface area contributed by atoms with Gasteiger partial charge in [0.25, 0.3) is 0 Å². The molecule has 0 bridgehead atoms. The van der Waals surface area contributed by atoms with Crippen molar-refractivity contribution in [2.24, 2.45) is 5.41 Å². The summed E-state index contributed by atoms with van der Waals surface area (Å²) in [5, 5.41) is 0.875. The number of alkyl halides is 1. The zero-order chi connectivity index (χ0) is 12.9. The summed E-state index contributed by atoms with van der Waals surface area (Å²) in [6.07, 6.45) is 2.03. The molecule has 3 heteroatoms. The maximum Gasteiger partial charge on any atom is 0.167 e. The van der Waals surface area contributed by atoms with Gasteiger partial charge in [-0.05, 0) is 31.4 Å². The first-order chi connectivity index (χ1) is 8.08. The molecular weight excluding hydrogens is 283 g/mol. The Kier molecular flexibility index (Phi) is 5.44. The summed E-state index contributed by atoms with van der Waals surface area (Å²) in [4.78, 5) is 0. The van der Waals surface area contributed by atoms with E-state index in [2.05, 4.69) is 29.8 Å². The van der Waals surface area contributed by atoms with E-state index in [0.29, 0.717) is 17.9 Å². The molecule has 1 aromatic rings. The minimum absolute atomic E-state index is 0.0934. The molecule has 0 radical (unpaired) electrons. The van der Waals surface area contributed by atoms with Crippen molar-refractivity contribution in [3.63, 3.8) is 0 Å². The van der Waals surface area contributed by atoms with Crippen LogP contribution in [0.1, 0.15) is 32.3 Å². The predicted octanol–water partition coefficient (Wildman–Crippen LogP) is 4.71. The van der Waals surface area contributed by atoms with Gasteiger partial charge in [-0.1, -0.05) is 41.9 Å². The van der Waals surface area contributed by atoms with Gasteiger partial charge in [0, 0.05) is 10.7 Å². The van der Waals surface area contributed by atoms with E-state index in [-0.39, 0.29) is 11.2 Å². The SMILES string of the molecule is CCC(CC)(CBr)COc1cccc(C)c1F. The van der Waals surface area contributed by atoms with Crippen LogP contribution >= 0.6 is 15.9 Å². The summed E-state index contributed by atoms with van der Waals surface area (Å²) in [6.45, 7) is 6.58. The van der Waals surface area contributed by atoms with Gasteiger partial charge in [-0.25, -0.2) is 4.39 Å². The average Bonchev–Trinajstić information content (AvgIpc) is 2.36. The van der Waals surface area contributed by atoms with Crippen LogP contribution in [0.15, 0.2) is 18.2 Å². The van der Waals surface area contributed by atoms with Crippen molar-refractivity contribution in [1.82, 2.24) is 0 Å². The van der Waals surface area contributed by atoms with E-state index in [1.165, 1.54) is 0 Å². The number of halogens is 2. The molecule has 1 aromatic carbocycles. The molecule has 0 spiro atoms. The summed E-state index contributed by atoms with van der Waals surface area (Å²) < 4.78 is 19.4. The van der Waals surface area contributed by atoms with Crippen molar-refractivity contribution < 1.29 is 9.13 Å². The van der Waals surface area contributed by atoms with E-state index in [1.807, 2.05) is 6.07 Å². The van der Waals surface area contributed by atoms with E-state index in [0.717, 1.165) is 18.2 Å². The molecule has 0 fully saturated rings. The van der Waals surface area contributed by atoms with Gasteiger partial charge < -0.3 is 4.74 Å². The van der Waals surface area contributed by atoms with Crippen LogP contribution in [0.3, 0.4) is 0 Å². The highest BCUT2D eigenvalue weighted by atomic mass is 79.9. The Labute approximate surface area is 111 Å². The number of hydrogen-bond donors (Lipinski definition) is 0. The van der Waals surface area contributed by atoms with E-state index < -0.39 is 0 Å². The molecular formula is C14H20BrFO. The van der Waals surface area contributed by atoms with Crippen LogP contribution in [-0.2, 0) is 0 Å². The van der Waals surface area contributed by atoms with Crippen molar-refractivity contribution in [2.75, 3.05) is 11.9 Å². The van der Waals surface area contributed by atoms with E-state index in [1.54, 1.807) is 19.1 Å². The fourth-order valence-electron chi connectivity index (χ4n) is 1.64. The predicted molar refractivity (Wildman–Crippen MR) is 73.4 cm³/mol. The first-order valence-corrected chi connectivity index (χ1v) is 7.14. The van der Waals surface area contributed by atoms with Crippen LogP contribution in [0.5, 0.6) is 5.75 Å². The highest BCUT2D eigenvalue weighted by Gasteiger charge is 2.26. The molecule has 1 rings (SSSR count). The molecule has 0 atom stereocenters. The first kappa shape index (κ1) is 14.5. The van der Waals surface area contributed by atoms with Crippen LogP contribution in [0.2, 0.25) is 0 Å². The molecule has 0 aromatic heterocycles. The third-order valence-corrected chi connectivity index (χ3v) is 4.66. The van der Waals surface area contributed by atoms with Gasteiger partial charge in [-0.2, -0.15) is 0 Å². The molecule has 0 unspecified atom stereocenters. The molecule has 0 amide bonds. The number of benzene rings is 1. The fourth-order valence-corrected chi connectivity index (χ4v) is 2.60. The Bertz CT molecular complexity index is 353. The third-order valence-electron chi connectivity index (χ3n) is 3.47. The minimum atomic E-state index is -0.247. The summed E-state index contributed by atoms with van der Waals surface area (Å²) in [5.74, 6) is 0.111. The number of aryl methyl sites for hydroxylation is 1. The third kappa shape index (κ3) is 3.44. The summed E-state index contributed by atoms with van der Waals surface area (Å²) in [6, 6.07) is 5.26. The molecule has 17 heavy (non-hydrogen) atoms. The normalized spacial score (nSPS) is 11.6. The second-order valence-corrected chi connectivity index (χ2v) is 5.08. The largest absolute Gasteiger partial charge is 0.490 e. The van der Waals surface area contributed by atoms with E-state index in [4.69, 9.17) is 4.74 Å². The maximum atomic E-state index is 13.8. The minimum Gasteiger partial charge on any atom is -0.490 e.